The van der Waals surface area contributed by atoms with Crippen LogP contribution in [0.15, 0.2) is 17.3 Å². The van der Waals surface area contributed by atoms with E-state index in [1.165, 1.54) is 0 Å². The second kappa shape index (κ2) is 5.02. The molecule has 0 saturated carbocycles. The first-order valence-electron chi connectivity index (χ1n) is 4.21. The van der Waals surface area contributed by atoms with Crippen LogP contribution in [0.1, 0.15) is 0 Å². The third-order valence-corrected chi connectivity index (χ3v) is 2.83. The van der Waals surface area contributed by atoms with E-state index in [0.717, 1.165) is 4.90 Å². The predicted molar refractivity (Wildman–Crippen MR) is 56.0 cm³/mol. The SMILES string of the molecule is CNC(CSc1cnn(C)c1)C(N)=O. The molecule has 0 aromatic carbocycles. The van der Waals surface area contributed by atoms with Crippen molar-refractivity contribution in [2.75, 3.05) is 12.8 Å². The van der Waals surface area contributed by atoms with Crippen molar-refractivity contribution >= 4 is 17.7 Å². The number of hydrogen-bond donors (Lipinski definition) is 2. The molecule has 0 radical (unpaired) electrons. The predicted octanol–water partition coefficient (Wildman–Crippen LogP) is -0.415. The summed E-state index contributed by atoms with van der Waals surface area (Å²) in [4.78, 5) is 11.9. The Kier molecular flexibility index (Phi) is 3.97. The zero-order valence-corrected chi connectivity index (χ0v) is 9.04. The summed E-state index contributed by atoms with van der Waals surface area (Å²) in [6, 6.07) is -0.291. The number of hydrogen-bond acceptors (Lipinski definition) is 4. The topological polar surface area (TPSA) is 72.9 Å². The number of amides is 1. The van der Waals surface area contributed by atoms with Crippen molar-refractivity contribution in [3.8, 4) is 0 Å². The normalized spacial score (nSPS) is 12.7. The van der Waals surface area contributed by atoms with Crippen molar-refractivity contribution in [2.45, 2.75) is 10.9 Å². The van der Waals surface area contributed by atoms with Gasteiger partial charge in [-0.1, -0.05) is 0 Å². The van der Waals surface area contributed by atoms with Gasteiger partial charge in [-0.05, 0) is 7.05 Å². The molecule has 1 aromatic heterocycles. The fourth-order valence-corrected chi connectivity index (χ4v) is 2.00. The van der Waals surface area contributed by atoms with E-state index in [2.05, 4.69) is 10.4 Å². The molecule has 5 nitrogen and oxygen atoms in total. The largest absolute Gasteiger partial charge is 0.368 e. The van der Waals surface area contributed by atoms with Gasteiger partial charge in [0.25, 0.3) is 0 Å². The summed E-state index contributed by atoms with van der Waals surface area (Å²) in [5, 5.41) is 6.88. The van der Waals surface area contributed by atoms with Crippen molar-refractivity contribution in [3.05, 3.63) is 12.4 Å². The Hall–Kier alpha value is -1.01. The summed E-state index contributed by atoms with van der Waals surface area (Å²) in [5.41, 5.74) is 5.18. The average Bonchev–Trinajstić information content (AvgIpc) is 2.52. The number of carbonyl (C=O) groups is 1. The van der Waals surface area contributed by atoms with E-state index in [0.29, 0.717) is 5.75 Å². The van der Waals surface area contributed by atoms with Crippen LogP contribution < -0.4 is 11.1 Å². The maximum Gasteiger partial charge on any atom is 0.235 e. The molecule has 0 saturated heterocycles. The quantitative estimate of drug-likeness (QED) is 0.653. The molecule has 14 heavy (non-hydrogen) atoms. The van der Waals surface area contributed by atoms with E-state index in [-0.39, 0.29) is 11.9 Å². The number of nitrogens with two attached hydrogens (primary N) is 1. The number of aryl methyl sites for hydroxylation is 1. The fraction of sp³-hybridized carbons (Fsp3) is 0.500. The standard InChI is InChI=1S/C8H14N4OS/c1-10-7(8(9)13)5-14-6-3-11-12(2)4-6/h3-4,7,10H,5H2,1-2H3,(H2,9,13). The first kappa shape index (κ1) is 11.1. The van der Waals surface area contributed by atoms with Crippen LogP contribution in [0.3, 0.4) is 0 Å². The van der Waals surface area contributed by atoms with Gasteiger partial charge in [0.05, 0.1) is 12.2 Å². The summed E-state index contributed by atoms with van der Waals surface area (Å²) < 4.78 is 1.72. The Balaban J connectivity index is 2.43. The van der Waals surface area contributed by atoms with Crippen molar-refractivity contribution in [1.82, 2.24) is 15.1 Å². The number of thioether (sulfide) groups is 1. The number of nitrogens with zero attached hydrogens (tertiary/aromatic N) is 2. The summed E-state index contributed by atoms with van der Waals surface area (Å²) in [5.74, 6) is 0.293. The van der Waals surface area contributed by atoms with E-state index >= 15 is 0 Å². The first-order chi connectivity index (χ1) is 6.63. The summed E-state index contributed by atoms with van der Waals surface area (Å²) >= 11 is 1.56. The highest BCUT2D eigenvalue weighted by atomic mass is 32.2. The lowest BCUT2D eigenvalue weighted by Crippen LogP contribution is -2.40. The van der Waals surface area contributed by atoms with Gasteiger partial charge in [0.15, 0.2) is 0 Å². The van der Waals surface area contributed by atoms with Gasteiger partial charge in [-0.15, -0.1) is 11.8 Å². The summed E-state index contributed by atoms with van der Waals surface area (Å²) in [6.45, 7) is 0. The minimum absolute atomic E-state index is 0.291. The Bertz CT molecular complexity index is 312. The lowest BCUT2D eigenvalue weighted by Gasteiger charge is -2.10. The maximum absolute atomic E-state index is 10.9. The van der Waals surface area contributed by atoms with Gasteiger partial charge in [0.2, 0.25) is 5.91 Å². The second-order valence-corrected chi connectivity index (χ2v) is 4.00. The first-order valence-corrected chi connectivity index (χ1v) is 5.20. The maximum atomic E-state index is 10.9. The summed E-state index contributed by atoms with van der Waals surface area (Å²) in [6.07, 6.45) is 3.66. The zero-order valence-electron chi connectivity index (χ0n) is 8.23. The fourth-order valence-electron chi connectivity index (χ4n) is 0.961. The van der Waals surface area contributed by atoms with Crippen molar-refractivity contribution in [2.24, 2.45) is 12.8 Å². The van der Waals surface area contributed by atoms with Crippen LogP contribution in [-0.4, -0.2) is 34.5 Å². The van der Waals surface area contributed by atoms with Crippen molar-refractivity contribution < 1.29 is 4.79 Å². The number of carbonyl (C=O) groups excluding carboxylic acids is 1. The molecule has 1 atom stereocenters. The highest BCUT2D eigenvalue weighted by Gasteiger charge is 2.12. The molecule has 0 aliphatic carbocycles. The van der Waals surface area contributed by atoms with Crippen LogP contribution in [0.4, 0.5) is 0 Å². The molecule has 1 rings (SSSR count). The smallest absolute Gasteiger partial charge is 0.235 e. The van der Waals surface area contributed by atoms with E-state index in [9.17, 15) is 4.79 Å². The average molecular weight is 214 g/mol. The second-order valence-electron chi connectivity index (χ2n) is 2.90. The van der Waals surface area contributed by atoms with Gasteiger partial charge in [-0.3, -0.25) is 9.48 Å². The van der Waals surface area contributed by atoms with Crippen LogP contribution in [0.5, 0.6) is 0 Å². The third kappa shape index (κ3) is 3.04. The molecule has 1 amide bonds. The highest BCUT2D eigenvalue weighted by Crippen LogP contribution is 2.16. The molecule has 0 aliphatic heterocycles. The van der Waals surface area contributed by atoms with E-state index in [1.807, 2.05) is 13.2 Å². The van der Waals surface area contributed by atoms with Gasteiger partial charge in [0.1, 0.15) is 0 Å². The van der Waals surface area contributed by atoms with Gasteiger partial charge in [-0.2, -0.15) is 5.10 Å². The van der Waals surface area contributed by atoms with Crippen LogP contribution in [0, 0.1) is 0 Å². The molecule has 0 aliphatic rings. The molecular weight excluding hydrogens is 200 g/mol. The van der Waals surface area contributed by atoms with E-state index < -0.39 is 0 Å². The Morgan fingerprint density at radius 1 is 1.86 bits per heavy atom. The Morgan fingerprint density at radius 3 is 3.00 bits per heavy atom. The number of aromatic nitrogens is 2. The molecule has 6 heteroatoms. The molecule has 1 aromatic rings. The number of nitrogens with one attached hydrogen (secondary N) is 1. The number of likely N-dealkylation sites (N-methyl/N-ethyl adjacent to an activating group) is 1. The van der Waals surface area contributed by atoms with E-state index in [4.69, 9.17) is 5.73 Å². The van der Waals surface area contributed by atoms with Gasteiger partial charge >= 0.3 is 0 Å². The molecule has 1 heterocycles. The Morgan fingerprint density at radius 2 is 2.57 bits per heavy atom. The monoisotopic (exact) mass is 214 g/mol. The van der Waals surface area contributed by atoms with Crippen LogP contribution in [0.2, 0.25) is 0 Å². The van der Waals surface area contributed by atoms with Crippen molar-refractivity contribution in [1.29, 1.82) is 0 Å². The molecule has 3 N–H and O–H groups in total. The minimum Gasteiger partial charge on any atom is -0.368 e. The molecule has 0 spiro atoms. The Labute approximate surface area is 87.0 Å². The van der Waals surface area contributed by atoms with E-state index in [1.54, 1.807) is 29.7 Å². The van der Waals surface area contributed by atoms with Crippen molar-refractivity contribution in [3.63, 3.8) is 0 Å². The van der Waals surface area contributed by atoms with Crippen LogP contribution in [-0.2, 0) is 11.8 Å². The van der Waals surface area contributed by atoms with Gasteiger partial charge < -0.3 is 11.1 Å². The lowest BCUT2D eigenvalue weighted by atomic mass is 10.3. The number of primary amides is 1. The van der Waals surface area contributed by atoms with Gasteiger partial charge in [0, 0.05) is 23.9 Å². The summed E-state index contributed by atoms with van der Waals surface area (Å²) in [7, 11) is 3.58. The lowest BCUT2D eigenvalue weighted by molar-refractivity contribution is -0.119. The molecule has 0 bridgehead atoms. The third-order valence-electron chi connectivity index (χ3n) is 1.79. The highest BCUT2D eigenvalue weighted by molar-refractivity contribution is 7.99. The molecule has 78 valence electrons. The number of rotatable bonds is 5. The van der Waals surface area contributed by atoms with Crippen LogP contribution >= 0.6 is 11.8 Å². The minimum atomic E-state index is -0.330. The van der Waals surface area contributed by atoms with Crippen LogP contribution in [0.25, 0.3) is 0 Å². The van der Waals surface area contributed by atoms with Gasteiger partial charge in [-0.25, -0.2) is 0 Å². The molecule has 0 fully saturated rings. The molecular formula is C8H14N4OS. The molecule has 1 unspecified atom stereocenters. The zero-order chi connectivity index (χ0) is 10.6.